The highest BCUT2D eigenvalue weighted by molar-refractivity contribution is 7.92. The Morgan fingerprint density at radius 2 is 1.74 bits per heavy atom. The number of anilines is 1. The fourth-order valence-electron chi connectivity index (χ4n) is 7.11. The van der Waals surface area contributed by atoms with Crippen LogP contribution in [0.3, 0.4) is 0 Å². The summed E-state index contributed by atoms with van der Waals surface area (Å²) in [6, 6.07) is 11.7. The molecule has 3 fully saturated rings. The smallest absolute Gasteiger partial charge is 0.248 e. The molecule has 1 aliphatic carbocycles. The number of benzene rings is 2. The highest BCUT2D eigenvalue weighted by Gasteiger charge is 2.55. The van der Waals surface area contributed by atoms with Gasteiger partial charge in [-0.3, -0.25) is 19.2 Å². The van der Waals surface area contributed by atoms with Crippen molar-refractivity contribution in [3.63, 3.8) is 0 Å². The third-order valence-electron chi connectivity index (χ3n) is 9.68. The van der Waals surface area contributed by atoms with Crippen LogP contribution < -0.4 is 19.5 Å². The summed E-state index contributed by atoms with van der Waals surface area (Å²) in [6.07, 6.45) is 8.14. The molecule has 11 nitrogen and oxygen atoms in total. The lowest BCUT2D eigenvalue weighted by Gasteiger charge is -2.52. The van der Waals surface area contributed by atoms with E-state index >= 15 is 0 Å². The van der Waals surface area contributed by atoms with Crippen molar-refractivity contribution in [3.05, 3.63) is 48.0 Å². The van der Waals surface area contributed by atoms with Gasteiger partial charge >= 0.3 is 0 Å². The number of hydrogen-bond donors (Lipinski definition) is 3. The van der Waals surface area contributed by atoms with Crippen LogP contribution >= 0.6 is 0 Å². The van der Waals surface area contributed by atoms with Crippen LogP contribution in [0, 0.1) is 5.92 Å². The zero-order valence-corrected chi connectivity index (χ0v) is 28.0. The first-order valence-electron chi connectivity index (χ1n) is 16.5. The number of carbonyl (C=O) groups is 2. The van der Waals surface area contributed by atoms with E-state index in [4.69, 9.17) is 9.47 Å². The number of aliphatic hydroxyl groups excluding tert-OH is 1. The molecular formula is C34H48N4O7S. The first kappa shape index (κ1) is 34.0. The van der Waals surface area contributed by atoms with E-state index < -0.39 is 27.7 Å². The minimum absolute atomic E-state index is 0.0514. The molecule has 0 aromatic heterocycles. The lowest BCUT2D eigenvalue weighted by molar-refractivity contribution is -0.166. The van der Waals surface area contributed by atoms with Gasteiger partial charge in [0.15, 0.2) is 11.5 Å². The summed E-state index contributed by atoms with van der Waals surface area (Å²) in [5.41, 5.74) is 0.589. The first-order valence-corrected chi connectivity index (χ1v) is 18.4. The highest BCUT2D eigenvalue weighted by Crippen LogP contribution is 2.37. The molecule has 0 radical (unpaired) electrons. The Morgan fingerprint density at radius 1 is 1.04 bits per heavy atom. The average Bonchev–Trinajstić information content (AvgIpc) is 3.04. The topological polar surface area (TPSA) is 138 Å². The van der Waals surface area contributed by atoms with Crippen LogP contribution in [0.25, 0.3) is 0 Å². The number of methoxy groups -OCH3 is 1. The number of piperazine rings is 1. The number of piperidine rings is 1. The third-order valence-corrected chi connectivity index (χ3v) is 10.3. The van der Waals surface area contributed by atoms with Gasteiger partial charge < -0.3 is 24.8 Å². The van der Waals surface area contributed by atoms with E-state index in [0.717, 1.165) is 56.8 Å². The predicted molar refractivity (Wildman–Crippen MR) is 176 cm³/mol. The van der Waals surface area contributed by atoms with E-state index in [-0.39, 0.29) is 17.7 Å². The molecule has 2 amide bonds. The lowest BCUT2D eigenvalue weighted by atomic mass is 9.78. The number of nitrogens with one attached hydrogen (secondary N) is 2. The Hall–Kier alpha value is -3.35. The Bertz CT molecular complexity index is 1470. The summed E-state index contributed by atoms with van der Waals surface area (Å²) >= 11 is 0. The number of rotatable bonds is 12. The SMILES string of the molecule is CCCCN1C(=O)[C@@H]([C@H](O)C2CCCCC2)NC(=O)C12CCN(Cc1ccc(Oc3ccc(NS(C)(=O)=O)cc3OC)cc1)CC2. The van der Waals surface area contributed by atoms with E-state index in [9.17, 15) is 23.1 Å². The number of likely N-dealkylation sites (tertiary alicyclic amines) is 1. The van der Waals surface area contributed by atoms with Gasteiger partial charge in [0.05, 0.1) is 25.2 Å². The maximum absolute atomic E-state index is 13.9. The fourth-order valence-corrected chi connectivity index (χ4v) is 7.67. The second-order valence-electron chi connectivity index (χ2n) is 13.0. The molecule has 3 aliphatic rings. The van der Waals surface area contributed by atoms with Crippen LogP contribution in [0.4, 0.5) is 5.69 Å². The zero-order chi connectivity index (χ0) is 32.9. The minimum Gasteiger partial charge on any atom is -0.493 e. The Kier molecular flexibility index (Phi) is 10.8. The molecule has 2 heterocycles. The number of sulfonamides is 1. The van der Waals surface area contributed by atoms with Crippen molar-refractivity contribution >= 4 is 27.5 Å². The molecule has 0 bridgehead atoms. The molecule has 2 saturated heterocycles. The summed E-state index contributed by atoms with van der Waals surface area (Å²) in [6.45, 7) is 4.64. The zero-order valence-electron chi connectivity index (χ0n) is 27.2. The molecule has 1 spiro atoms. The van der Waals surface area contributed by atoms with Crippen LogP contribution in [-0.4, -0.2) is 85.8 Å². The van der Waals surface area contributed by atoms with Gasteiger partial charge in [-0.05, 0) is 67.9 Å². The standard InChI is InChI=1S/C34H48N4O7S/c1-4-5-19-38-32(40)30(31(39)25-9-7-6-8-10-25)35-33(41)34(38)17-20-37(21-18-34)23-24-11-14-27(15-12-24)45-28-16-13-26(22-29(28)44-2)36-46(3,42)43/h11-16,22,25,30-31,36,39H,4-10,17-21,23H2,1-3H3,(H,35,41)/t30-,31-/m1/s1. The third kappa shape index (κ3) is 7.78. The van der Waals surface area contributed by atoms with Crippen LogP contribution in [0.2, 0.25) is 0 Å². The molecular weight excluding hydrogens is 608 g/mol. The quantitative estimate of drug-likeness (QED) is 0.308. The number of hydrogen-bond acceptors (Lipinski definition) is 8. The summed E-state index contributed by atoms with van der Waals surface area (Å²) in [5, 5.41) is 14.2. The molecule has 252 valence electrons. The molecule has 1 saturated carbocycles. The molecule has 12 heteroatoms. The van der Waals surface area contributed by atoms with Crippen molar-refractivity contribution in [3.8, 4) is 17.2 Å². The van der Waals surface area contributed by atoms with Crippen LogP contribution in [-0.2, 0) is 26.2 Å². The molecule has 2 aliphatic heterocycles. The van der Waals surface area contributed by atoms with Crippen molar-refractivity contribution in [1.29, 1.82) is 0 Å². The van der Waals surface area contributed by atoms with Gasteiger partial charge in [-0.15, -0.1) is 0 Å². The van der Waals surface area contributed by atoms with Crippen molar-refractivity contribution in [1.82, 2.24) is 15.1 Å². The van der Waals surface area contributed by atoms with Crippen LogP contribution in [0.15, 0.2) is 42.5 Å². The summed E-state index contributed by atoms with van der Waals surface area (Å²) < 4.78 is 37.0. The second kappa shape index (κ2) is 14.6. The van der Waals surface area contributed by atoms with E-state index in [0.29, 0.717) is 62.0 Å². The van der Waals surface area contributed by atoms with E-state index in [2.05, 4.69) is 21.9 Å². The van der Waals surface area contributed by atoms with E-state index in [1.54, 1.807) is 18.2 Å². The normalized spacial score (nSPS) is 21.6. The summed E-state index contributed by atoms with van der Waals surface area (Å²) in [7, 11) is -1.92. The van der Waals surface area contributed by atoms with Gasteiger partial charge in [0.1, 0.15) is 17.3 Å². The summed E-state index contributed by atoms with van der Waals surface area (Å²) in [4.78, 5) is 31.8. The van der Waals surface area contributed by atoms with Crippen molar-refractivity contribution in [2.45, 2.75) is 88.9 Å². The Labute approximate surface area is 272 Å². The van der Waals surface area contributed by atoms with Crippen molar-refractivity contribution in [2.75, 3.05) is 37.7 Å². The van der Waals surface area contributed by atoms with Gasteiger partial charge in [0.2, 0.25) is 21.8 Å². The van der Waals surface area contributed by atoms with Gasteiger partial charge in [0.25, 0.3) is 0 Å². The van der Waals surface area contributed by atoms with E-state index in [1.165, 1.54) is 7.11 Å². The predicted octanol–water partition coefficient (Wildman–Crippen LogP) is 4.26. The second-order valence-corrected chi connectivity index (χ2v) is 14.7. The van der Waals surface area contributed by atoms with Crippen molar-refractivity contribution in [2.24, 2.45) is 5.92 Å². The first-order chi connectivity index (χ1) is 22.0. The molecule has 46 heavy (non-hydrogen) atoms. The maximum Gasteiger partial charge on any atom is 0.248 e. The molecule has 3 N–H and O–H groups in total. The van der Waals surface area contributed by atoms with E-state index in [1.807, 2.05) is 29.2 Å². The average molecular weight is 657 g/mol. The summed E-state index contributed by atoms with van der Waals surface area (Å²) in [5.74, 6) is 1.26. The number of unbranched alkanes of at least 4 members (excludes halogenated alkanes) is 1. The Balaban J connectivity index is 1.20. The van der Waals surface area contributed by atoms with Crippen LogP contribution in [0.5, 0.6) is 17.2 Å². The number of amides is 2. The van der Waals surface area contributed by atoms with Gasteiger partial charge in [-0.25, -0.2) is 8.42 Å². The lowest BCUT2D eigenvalue weighted by Crippen LogP contribution is -2.75. The Morgan fingerprint density at radius 3 is 2.37 bits per heavy atom. The van der Waals surface area contributed by atoms with Crippen molar-refractivity contribution < 1.29 is 32.6 Å². The highest BCUT2D eigenvalue weighted by atomic mass is 32.2. The van der Waals surface area contributed by atoms with Gasteiger partial charge in [-0.2, -0.15) is 0 Å². The maximum atomic E-state index is 13.9. The molecule has 0 unspecified atom stereocenters. The minimum atomic E-state index is -3.42. The number of nitrogens with zero attached hydrogens (tertiary/aromatic N) is 2. The molecule has 2 aromatic rings. The van der Waals surface area contributed by atoms with Crippen LogP contribution in [0.1, 0.15) is 70.3 Å². The molecule has 5 rings (SSSR count). The largest absolute Gasteiger partial charge is 0.493 e. The molecule has 2 aromatic carbocycles. The molecule has 2 atom stereocenters. The monoisotopic (exact) mass is 656 g/mol. The number of carbonyl (C=O) groups excluding carboxylic acids is 2. The number of aliphatic hydroxyl groups is 1. The number of ether oxygens (including phenoxy) is 2. The van der Waals surface area contributed by atoms with Gasteiger partial charge in [-0.1, -0.05) is 44.7 Å². The fraction of sp³-hybridized carbons (Fsp3) is 0.588. The van der Waals surface area contributed by atoms with Gasteiger partial charge in [0, 0.05) is 32.2 Å².